The van der Waals surface area contributed by atoms with E-state index in [2.05, 4.69) is 38.1 Å². The molecule has 0 spiro atoms. The monoisotopic (exact) mass is 255 g/mol. The topological polar surface area (TPSA) is 37.8 Å². The lowest BCUT2D eigenvalue weighted by atomic mass is 9.70. The summed E-state index contributed by atoms with van der Waals surface area (Å²) >= 11 is 3.32. The molecule has 0 aliphatic heterocycles. The Bertz CT molecular complexity index is 323. The second-order valence-corrected chi connectivity index (χ2v) is 5.06. The van der Waals surface area contributed by atoms with Crippen LogP contribution in [0.1, 0.15) is 26.2 Å². The zero-order chi connectivity index (χ0) is 10.0. The van der Waals surface area contributed by atoms with Gasteiger partial charge in [-0.05, 0) is 34.2 Å². The molecule has 0 aromatic carbocycles. The van der Waals surface area contributed by atoms with Crippen molar-refractivity contribution in [1.82, 2.24) is 9.97 Å². The molecule has 1 aromatic rings. The average molecular weight is 256 g/mol. The van der Waals surface area contributed by atoms with Gasteiger partial charge < -0.3 is 5.32 Å². The molecule has 0 radical (unpaired) electrons. The Labute approximate surface area is 92.5 Å². The minimum atomic E-state index is 0.484. The molecule has 0 bridgehead atoms. The quantitative estimate of drug-likeness (QED) is 0.845. The fourth-order valence-electron chi connectivity index (χ4n) is 1.69. The van der Waals surface area contributed by atoms with E-state index in [9.17, 15) is 0 Å². The normalized spacial score (nSPS) is 18.7. The zero-order valence-corrected chi connectivity index (χ0v) is 9.84. The lowest BCUT2D eigenvalue weighted by Gasteiger charge is -2.38. The van der Waals surface area contributed by atoms with Crippen LogP contribution in [-0.4, -0.2) is 16.5 Å². The van der Waals surface area contributed by atoms with Crippen molar-refractivity contribution in [2.45, 2.75) is 26.2 Å². The maximum absolute atomic E-state index is 4.15. The van der Waals surface area contributed by atoms with E-state index in [1.807, 2.05) is 6.07 Å². The Morgan fingerprint density at radius 3 is 2.86 bits per heavy atom. The number of nitrogens with one attached hydrogen (secondary N) is 1. The number of hydrogen-bond donors (Lipinski definition) is 1. The Balaban J connectivity index is 1.91. The van der Waals surface area contributed by atoms with Crippen LogP contribution in [0.15, 0.2) is 17.0 Å². The maximum Gasteiger partial charge on any atom is 0.130 e. The number of nitrogens with zero attached hydrogens (tertiary/aromatic N) is 2. The van der Waals surface area contributed by atoms with E-state index in [1.165, 1.54) is 19.3 Å². The number of halogens is 1. The van der Waals surface area contributed by atoms with Gasteiger partial charge in [-0.3, -0.25) is 0 Å². The van der Waals surface area contributed by atoms with Gasteiger partial charge in [-0.25, -0.2) is 9.97 Å². The van der Waals surface area contributed by atoms with Gasteiger partial charge in [0.2, 0.25) is 0 Å². The number of anilines is 1. The van der Waals surface area contributed by atoms with Crippen LogP contribution >= 0.6 is 15.9 Å². The highest BCUT2D eigenvalue weighted by Gasteiger charge is 2.31. The van der Waals surface area contributed by atoms with Gasteiger partial charge in [0.15, 0.2) is 0 Å². The third-order valence-corrected chi connectivity index (χ3v) is 3.32. The standard InChI is InChI=1S/C10H14BrN3/c1-10(3-2-4-10)6-12-9-5-8(11)13-7-14-9/h5,7H,2-4,6H2,1H3,(H,12,13,14). The minimum absolute atomic E-state index is 0.484. The van der Waals surface area contributed by atoms with Crippen molar-refractivity contribution in [3.8, 4) is 0 Å². The SMILES string of the molecule is CC1(CNc2cc(Br)ncn2)CCC1. The molecule has 0 amide bonds. The van der Waals surface area contributed by atoms with E-state index in [0.29, 0.717) is 5.41 Å². The van der Waals surface area contributed by atoms with Crippen molar-refractivity contribution in [2.24, 2.45) is 5.41 Å². The van der Waals surface area contributed by atoms with Crippen molar-refractivity contribution in [2.75, 3.05) is 11.9 Å². The van der Waals surface area contributed by atoms with E-state index < -0.39 is 0 Å². The van der Waals surface area contributed by atoms with Crippen LogP contribution in [0, 0.1) is 5.41 Å². The van der Waals surface area contributed by atoms with Crippen LogP contribution in [-0.2, 0) is 0 Å². The second-order valence-electron chi connectivity index (χ2n) is 4.24. The van der Waals surface area contributed by atoms with Crippen LogP contribution in [0.3, 0.4) is 0 Å². The first-order valence-corrected chi connectivity index (χ1v) is 5.69. The fraction of sp³-hybridized carbons (Fsp3) is 0.600. The van der Waals surface area contributed by atoms with Crippen molar-refractivity contribution in [3.05, 3.63) is 17.0 Å². The molecular formula is C10H14BrN3. The van der Waals surface area contributed by atoms with Crippen LogP contribution in [0.2, 0.25) is 0 Å². The second kappa shape index (κ2) is 3.85. The molecule has 2 rings (SSSR count). The van der Waals surface area contributed by atoms with Crippen molar-refractivity contribution < 1.29 is 0 Å². The maximum atomic E-state index is 4.15. The highest BCUT2D eigenvalue weighted by molar-refractivity contribution is 9.10. The summed E-state index contributed by atoms with van der Waals surface area (Å²) in [6.45, 7) is 3.33. The molecule has 1 N–H and O–H groups in total. The van der Waals surface area contributed by atoms with Crippen LogP contribution < -0.4 is 5.32 Å². The summed E-state index contributed by atoms with van der Waals surface area (Å²) in [5.41, 5.74) is 0.484. The number of aromatic nitrogens is 2. The first-order valence-electron chi connectivity index (χ1n) is 4.89. The predicted octanol–water partition coefficient (Wildman–Crippen LogP) is 2.84. The smallest absolute Gasteiger partial charge is 0.130 e. The first-order chi connectivity index (χ1) is 6.68. The molecule has 14 heavy (non-hydrogen) atoms. The van der Waals surface area contributed by atoms with E-state index in [1.54, 1.807) is 6.33 Å². The van der Waals surface area contributed by atoms with Gasteiger partial charge in [-0.1, -0.05) is 13.3 Å². The summed E-state index contributed by atoms with van der Waals surface area (Å²) in [6.07, 6.45) is 5.58. The zero-order valence-electron chi connectivity index (χ0n) is 8.26. The van der Waals surface area contributed by atoms with E-state index in [0.717, 1.165) is 17.0 Å². The summed E-state index contributed by atoms with van der Waals surface area (Å²) in [7, 11) is 0. The summed E-state index contributed by atoms with van der Waals surface area (Å²) in [4.78, 5) is 8.13. The minimum Gasteiger partial charge on any atom is -0.369 e. The van der Waals surface area contributed by atoms with Crippen molar-refractivity contribution in [1.29, 1.82) is 0 Å². The molecule has 4 heteroatoms. The molecule has 3 nitrogen and oxygen atoms in total. The number of rotatable bonds is 3. The van der Waals surface area contributed by atoms with Gasteiger partial charge >= 0.3 is 0 Å². The van der Waals surface area contributed by atoms with Crippen LogP contribution in [0.5, 0.6) is 0 Å². The van der Waals surface area contributed by atoms with Gasteiger partial charge in [0.05, 0.1) is 0 Å². The lowest BCUT2D eigenvalue weighted by molar-refractivity contribution is 0.180. The summed E-state index contributed by atoms with van der Waals surface area (Å²) in [5.74, 6) is 0.903. The van der Waals surface area contributed by atoms with Crippen molar-refractivity contribution >= 4 is 21.7 Å². The predicted molar refractivity (Wildman–Crippen MR) is 60.2 cm³/mol. The summed E-state index contributed by atoms with van der Waals surface area (Å²) < 4.78 is 0.828. The molecule has 1 saturated carbocycles. The molecule has 0 saturated heterocycles. The summed E-state index contributed by atoms with van der Waals surface area (Å²) in [6, 6.07) is 1.90. The molecule has 76 valence electrons. The van der Waals surface area contributed by atoms with E-state index >= 15 is 0 Å². The number of hydrogen-bond acceptors (Lipinski definition) is 3. The Hall–Kier alpha value is -0.640. The summed E-state index contributed by atoms with van der Waals surface area (Å²) in [5, 5.41) is 3.35. The lowest BCUT2D eigenvalue weighted by Crippen LogP contribution is -2.33. The molecule has 1 fully saturated rings. The van der Waals surface area contributed by atoms with Gasteiger partial charge in [0, 0.05) is 12.6 Å². The fourth-order valence-corrected chi connectivity index (χ4v) is 2.00. The molecule has 0 atom stereocenters. The highest BCUT2D eigenvalue weighted by atomic mass is 79.9. The van der Waals surface area contributed by atoms with E-state index in [-0.39, 0.29) is 0 Å². The van der Waals surface area contributed by atoms with Gasteiger partial charge in [-0.2, -0.15) is 0 Å². The third-order valence-electron chi connectivity index (χ3n) is 2.89. The Morgan fingerprint density at radius 1 is 1.50 bits per heavy atom. The molecule has 1 aromatic heterocycles. The van der Waals surface area contributed by atoms with E-state index in [4.69, 9.17) is 0 Å². The molecule has 1 aliphatic rings. The largest absolute Gasteiger partial charge is 0.369 e. The Morgan fingerprint density at radius 2 is 2.29 bits per heavy atom. The first kappa shape index (κ1) is 9.90. The van der Waals surface area contributed by atoms with Gasteiger partial charge in [0.1, 0.15) is 16.7 Å². The van der Waals surface area contributed by atoms with Crippen LogP contribution in [0.25, 0.3) is 0 Å². The molecule has 1 heterocycles. The molecule has 0 unspecified atom stereocenters. The highest BCUT2D eigenvalue weighted by Crippen LogP contribution is 2.40. The van der Waals surface area contributed by atoms with Gasteiger partial charge in [-0.15, -0.1) is 0 Å². The molecular weight excluding hydrogens is 242 g/mol. The molecule has 1 aliphatic carbocycles. The van der Waals surface area contributed by atoms with Gasteiger partial charge in [0.25, 0.3) is 0 Å². The van der Waals surface area contributed by atoms with Crippen LogP contribution in [0.4, 0.5) is 5.82 Å². The Kier molecular flexibility index (Phi) is 2.72. The third kappa shape index (κ3) is 2.23. The van der Waals surface area contributed by atoms with Crippen molar-refractivity contribution in [3.63, 3.8) is 0 Å². The average Bonchev–Trinajstić information content (AvgIpc) is 2.12.